The Balaban J connectivity index is 1.56. The molecular weight excluding hydrogens is 254 g/mol. The minimum absolute atomic E-state index is 0.0844. The predicted octanol–water partition coefficient (Wildman–Crippen LogP) is 1.01. The van der Waals surface area contributed by atoms with E-state index in [1.165, 1.54) is 5.75 Å². The molecule has 0 aromatic rings. The fourth-order valence-electron chi connectivity index (χ4n) is 2.91. The van der Waals surface area contributed by atoms with Crippen molar-refractivity contribution in [2.75, 3.05) is 37.0 Å². The Kier molecular flexibility index (Phi) is 3.80. The van der Waals surface area contributed by atoms with Crippen molar-refractivity contribution in [3.8, 4) is 0 Å². The second-order valence-electron chi connectivity index (χ2n) is 5.52. The van der Waals surface area contributed by atoms with Gasteiger partial charge in [-0.15, -0.1) is 0 Å². The first-order chi connectivity index (χ1) is 8.27. The van der Waals surface area contributed by atoms with E-state index in [0.717, 1.165) is 50.5 Å². The van der Waals surface area contributed by atoms with E-state index in [-0.39, 0.29) is 5.60 Å². The lowest BCUT2D eigenvalue weighted by atomic mass is 9.93. The zero-order chi connectivity index (χ0) is 11.7. The zero-order valence-electron chi connectivity index (χ0n) is 10.2. The van der Waals surface area contributed by atoms with Crippen LogP contribution < -0.4 is 5.32 Å². The summed E-state index contributed by atoms with van der Waals surface area (Å²) < 4.78 is 18.3. The van der Waals surface area contributed by atoms with E-state index in [4.69, 9.17) is 4.74 Å². The number of rotatable bonds is 3. The van der Waals surface area contributed by atoms with Crippen molar-refractivity contribution < 1.29 is 8.95 Å². The molecule has 5 heteroatoms. The van der Waals surface area contributed by atoms with Gasteiger partial charge in [-0.2, -0.15) is 11.8 Å². The van der Waals surface area contributed by atoms with Crippen LogP contribution in [0.2, 0.25) is 0 Å². The van der Waals surface area contributed by atoms with Gasteiger partial charge in [0.05, 0.1) is 5.60 Å². The Bertz CT molecular complexity index is 301. The van der Waals surface area contributed by atoms with Crippen molar-refractivity contribution in [3.63, 3.8) is 0 Å². The van der Waals surface area contributed by atoms with Crippen LogP contribution in [0.3, 0.4) is 0 Å². The largest absolute Gasteiger partial charge is 0.374 e. The molecular formula is C12H21NO2S2. The maximum atomic E-state index is 12.4. The van der Waals surface area contributed by atoms with Gasteiger partial charge >= 0.3 is 0 Å². The normalized spacial score (nSPS) is 40.4. The molecule has 3 heterocycles. The lowest BCUT2D eigenvalue weighted by Crippen LogP contribution is -2.48. The molecule has 3 fully saturated rings. The van der Waals surface area contributed by atoms with Crippen LogP contribution >= 0.6 is 11.8 Å². The first-order valence-corrected chi connectivity index (χ1v) is 9.11. The standard InChI is InChI=1S/C12H21NO2S2/c14-17(8-10-6-13-7-10)11-1-3-15-12(5-11)2-4-16-9-12/h10-11,13H,1-9H2. The summed E-state index contributed by atoms with van der Waals surface area (Å²) in [6.07, 6.45) is 3.20. The van der Waals surface area contributed by atoms with Crippen molar-refractivity contribution in [1.29, 1.82) is 0 Å². The highest BCUT2D eigenvalue weighted by Gasteiger charge is 2.42. The molecule has 98 valence electrons. The molecule has 0 aromatic heterocycles. The summed E-state index contributed by atoms with van der Waals surface area (Å²) in [6, 6.07) is 0. The van der Waals surface area contributed by atoms with Gasteiger partial charge in [0.15, 0.2) is 0 Å². The van der Waals surface area contributed by atoms with Crippen LogP contribution in [0, 0.1) is 5.92 Å². The Morgan fingerprint density at radius 3 is 3.00 bits per heavy atom. The molecule has 3 unspecified atom stereocenters. The molecule has 0 amide bonds. The van der Waals surface area contributed by atoms with Crippen molar-refractivity contribution in [3.05, 3.63) is 0 Å². The van der Waals surface area contributed by atoms with Crippen molar-refractivity contribution >= 4 is 22.6 Å². The molecule has 1 N–H and O–H groups in total. The third-order valence-corrected chi connectivity index (χ3v) is 7.32. The molecule has 0 bridgehead atoms. The molecule has 3 saturated heterocycles. The predicted molar refractivity (Wildman–Crippen MR) is 73.0 cm³/mol. The third-order valence-electron chi connectivity index (χ3n) is 4.15. The van der Waals surface area contributed by atoms with E-state index < -0.39 is 10.8 Å². The summed E-state index contributed by atoms with van der Waals surface area (Å²) >= 11 is 1.99. The van der Waals surface area contributed by atoms with E-state index in [9.17, 15) is 4.21 Å². The van der Waals surface area contributed by atoms with Crippen LogP contribution in [0.25, 0.3) is 0 Å². The number of hydrogen-bond acceptors (Lipinski definition) is 4. The second-order valence-corrected chi connectivity index (χ2v) is 8.39. The Labute approximate surface area is 110 Å². The summed E-state index contributed by atoms with van der Waals surface area (Å²) in [7, 11) is -0.636. The Morgan fingerprint density at radius 2 is 2.35 bits per heavy atom. The molecule has 3 nitrogen and oxygen atoms in total. The lowest BCUT2D eigenvalue weighted by Gasteiger charge is -2.38. The molecule has 1 spiro atoms. The average Bonchev–Trinajstić information content (AvgIpc) is 2.71. The topological polar surface area (TPSA) is 38.3 Å². The van der Waals surface area contributed by atoms with Gasteiger partial charge in [-0.25, -0.2) is 0 Å². The van der Waals surface area contributed by atoms with Gasteiger partial charge in [0.1, 0.15) is 0 Å². The molecule has 3 aliphatic rings. The van der Waals surface area contributed by atoms with Gasteiger partial charge in [0, 0.05) is 47.3 Å². The van der Waals surface area contributed by atoms with Crippen LogP contribution in [0.4, 0.5) is 0 Å². The molecule has 0 aromatic carbocycles. The van der Waals surface area contributed by atoms with E-state index in [1.54, 1.807) is 0 Å². The fraction of sp³-hybridized carbons (Fsp3) is 1.00. The van der Waals surface area contributed by atoms with E-state index in [1.807, 2.05) is 11.8 Å². The van der Waals surface area contributed by atoms with Crippen LogP contribution in [-0.2, 0) is 15.5 Å². The van der Waals surface area contributed by atoms with Gasteiger partial charge in [-0.1, -0.05) is 0 Å². The number of ether oxygens (including phenoxy) is 1. The zero-order valence-corrected chi connectivity index (χ0v) is 11.8. The second kappa shape index (κ2) is 5.19. The number of thioether (sulfide) groups is 1. The molecule has 3 aliphatic heterocycles. The van der Waals surface area contributed by atoms with Crippen molar-refractivity contribution in [1.82, 2.24) is 5.32 Å². The van der Waals surface area contributed by atoms with Gasteiger partial charge < -0.3 is 10.1 Å². The molecule has 0 aliphatic carbocycles. The highest BCUT2D eigenvalue weighted by molar-refractivity contribution is 7.99. The quantitative estimate of drug-likeness (QED) is 0.834. The minimum atomic E-state index is -0.636. The molecule has 0 radical (unpaired) electrons. The van der Waals surface area contributed by atoms with Gasteiger partial charge in [-0.05, 0) is 30.9 Å². The monoisotopic (exact) mass is 275 g/mol. The van der Waals surface area contributed by atoms with Gasteiger partial charge in [-0.3, -0.25) is 4.21 Å². The summed E-state index contributed by atoms with van der Waals surface area (Å²) in [5, 5.41) is 3.65. The third kappa shape index (κ3) is 2.72. The maximum absolute atomic E-state index is 12.4. The Hall–Kier alpha value is 0.420. The van der Waals surface area contributed by atoms with Crippen molar-refractivity contribution in [2.24, 2.45) is 5.92 Å². The summed E-state index contributed by atoms with van der Waals surface area (Å²) in [6.45, 7) is 2.95. The summed E-state index contributed by atoms with van der Waals surface area (Å²) in [4.78, 5) is 0. The average molecular weight is 275 g/mol. The summed E-state index contributed by atoms with van der Waals surface area (Å²) in [5.41, 5.74) is 0.0844. The van der Waals surface area contributed by atoms with Gasteiger partial charge in [0.25, 0.3) is 0 Å². The van der Waals surface area contributed by atoms with E-state index >= 15 is 0 Å². The fourth-order valence-corrected chi connectivity index (χ4v) is 6.10. The van der Waals surface area contributed by atoms with Crippen LogP contribution in [0.1, 0.15) is 19.3 Å². The van der Waals surface area contributed by atoms with E-state index in [0.29, 0.717) is 11.2 Å². The van der Waals surface area contributed by atoms with Gasteiger partial charge in [0.2, 0.25) is 0 Å². The van der Waals surface area contributed by atoms with E-state index in [2.05, 4.69) is 5.32 Å². The highest BCUT2D eigenvalue weighted by atomic mass is 32.2. The Morgan fingerprint density at radius 1 is 1.47 bits per heavy atom. The van der Waals surface area contributed by atoms with Crippen molar-refractivity contribution in [2.45, 2.75) is 30.1 Å². The molecule has 3 rings (SSSR count). The van der Waals surface area contributed by atoms with Crippen LogP contribution in [-0.4, -0.2) is 52.0 Å². The first-order valence-electron chi connectivity index (χ1n) is 6.57. The van der Waals surface area contributed by atoms with Crippen LogP contribution in [0.5, 0.6) is 0 Å². The SMILES string of the molecule is O=S(CC1CNC1)C1CCOC2(CCSC2)C1. The van der Waals surface area contributed by atoms with Crippen LogP contribution in [0.15, 0.2) is 0 Å². The highest BCUT2D eigenvalue weighted by Crippen LogP contribution is 2.39. The summed E-state index contributed by atoms with van der Waals surface area (Å²) in [5.74, 6) is 3.89. The minimum Gasteiger partial charge on any atom is -0.374 e. The molecule has 3 atom stereocenters. The lowest BCUT2D eigenvalue weighted by molar-refractivity contribution is -0.0567. The number of nitrogens with one attached hydrogen (secondary N) is 1. The molecule has 0 saturated carbocycles. The maximum Gasteiger partial charge on any atom is 0.0791 e. The molecule has 17 heavy (non-hydrogen) atoms. The smallest absolute Gasteiger partial charge is 0.0791 e. The first kappa shape index (κ1) is 12.5. The number of hydrogen-bond donors (Lipinski definition) is 1.